The van der Waals surface area contributed by atoms with E-state index in [1.165, 1.54) is 0 Å². The van der Waals surface area contributed by atoms with Crippen LogP contribution in [0.25, 0.3) is 0 Å². The fourth-order valence-corrected chi connectivity index (χ4v) is 2.39. The quantitative estimate of drug-likeness (QED) is 0.718. The second kappa shape index (κ2) is 5.33. The minimum atomic E-state index is 0.614. The number of aliphatic imine (C=N–C) groups is 1. The summed E-state index contributed by atoms with van der Waals surface area (Å²) in [6.45, 7) is 0. The molecule has 0 amide bonds. The van der Waals surface area contributed by atoms with E-state index < -0.39 is 0 Å². The molecule has 4 rings (SSSR count). The Hall–Kier alpha value is -3.14. The summed E-state index contributed by atoms with van der Waals surface area (Å²) in [5.74, 6) is 0.614. The third-order valence-corrected chi connectivity index (χ3v) is 3.43. The van der Waals surface area contributed by atoms with Gasteiger partial charge in [0.1, 0.15) is 5.69 Å². The third-order valence-electron chi connectivity index (χ3n) is 3.43. The van der Waals surface area contributed by atoms with Crippen LogP contribution < -0.4 is 10.4 Å². The van der Waals surface area contributed by atoms with Crippen LogP contribution in [0, 0.1) is 0 Å². The summed E-state index contributed by atoms with van der Waals surface area (Å²) in [4.78, 5) is 8.99. The number of rotatable bonds is 2. The number of amidine groups is 1. The van der Waals surface area contributed by atoms with Gasteiger partial charge in [0, 0.05) is 6.20 Å². The van der Waals surface area contributed by atoms with Crippen molar-refractivity contribution in [1.82, 2.24) is 10.4 Å². The van der Waals surface area contributed by atoms with Gasteiger partial charge in [0.15, 0.2) is 5.84 Å². The van der Waals surface area contributed by atoms with Crippen LogP contribution in [-0.2, 0) is 0 Å². The van der Waals surface area contributed by atoms with Gasteiger partial charge in [-0.2, -0.15) is 0 Å². The largest absolute Gasteiger partial charge is 0.253 e. The molecule has 0 bridgehead atoms. The first-order chi connectivity index (χ1) is 10.9. The summed E-state index contributed by atoms with van der Waals surface area (Å²) < 4.78 is 0. The summed E-state index contributed by atoms with van der Waals surface area (Å²) in [5, 5.41) is 1.91. The van der Waals surface area contributed by atoms with E-state index in [9.17, 15) is 0 Å². The summed E-state index contributed by atoms with van der Waals surface area (Å²) in [6.07, 6.45) is 1.75. The van der Waals surface area contributed by atoms with Gasteiger partial charge in [0.25, 0.3) is 0 Å². The maximum Gasteiger partial charge on any atom is 0.199 e. The van der Waals surface area contributed by atoms with E-state index in [1.807, 2.05) is 77.8 Å². The number of nitrogens with zero attached hydrogens (tertiary/aromatic N) is 4. The van der Waals surface area contributed by atoms with E-state index in [2.05, 4.69) is 15.4 Å². The molecule has 105 valence electrons. The maximum absolute atomic E-state index is 4.68. The Balaban J connectivity index is 1.84. The Morgan fingerprint density at radius 2 is 1.50 bits per heavy atom. The predicted octanol–water partition coefficient (Wildman–Crippen LogP) is 3.83. The number of aromatic nitrogens is 1. The molecule has 1 aromatic heterocycles. The van der Waals surface area contributed by atoms with Crippen LogP contribution in [0.15, 0.2) is 84.0 Å². The number of anilines is 2. The van der Waals surface area contributed by atoms with E-state index >= 15 is 0 Å². The summed E-state index contributed by atoms with van der Waals surface area (Å²) >= 11 is 0. The molecule has 0 spiro atoms. The molecule has 22 heavy (non-hydrogen) atoms. The second-order valence-electron chi connectivity index (χ2n) is 4.89. The van der Waals surface area contributed by atoms with Gasteiger partial charge in [0.2, 0.25) is 0 Å². The van der Waals surface area contributed by atoms with Crippen LogP contribution in [0.3, 0.4) is 0 Å². The van der Waals surface area contributed by atoms with Gasteiger partial charge in [-0.15, -0.1) is 5.43 Å². The molecule has 1 radical (unpaired) electrons. The van der Waals surface area contributed by atoms with Crippen molar-refractivity contribution in [3.8, 4) is 0 Å². The molecule has 0 N–H and O–H groups in total. The molecule has 1 aliphatic heterocycles. The van der Waals surface area contributed by atoms with Crippen molar-refractivity contribution in [2.45, 2.75) is 0 Å². The van der Waals surface area contributed by atoms with Gasteiger partial charge in [-0.1, -0.05) is 36.4 Å². The van der Waals surface area contributed by atoms with Gasteiger partial charge in [-0.25, -0.2) is 10.0 Å². The van der Waals surface area contributed by atoms with Crippen molar-refractivity contribution in [3.05, 3.63) is 84.7 Å². The molecule has 2 heterocycles. The highest BCUT2D eigenvalue weighted by molar-refractivity contribution is 6.03. The molecule has 2 aromatic carbocycles. The van der Waals surface area contributed by atoms with E-state index in [4.69, 9.17) is 0 Å². The summed E-state index contributed by atoms with van der Waals surface area (Å²) in [6, 6.07) is 23.8. The highest BCUT2D eigenvalue weighted by Crippen LogP contribution is 2.36. The first kappa shape index (κ1) is 12.6. The first-order valence-electron chi connectivity index (χ1n) is 7.08. The minimum absolute atomic E-state index is 0.614. The molecule has 0 unspecified atom stereocenters. The van der Waals surface area contributed by atoms with Crippen LogP contribution >= 0.6 is 0 Å². The van der Waals surface area contributed by atoms with Crippen LogP contribution in [-0.4, -0.2) is 10.8 Å². The Bertz CT molecular complexity index is 813. The molecule has 3 aromatic rings. The first-order valence-corrected chi connectivity index (χ1v) is 7.08. The molecule has 0 aliphatic carbocycles. The van der Waals surface area contributed by atoms with Crippen molar-refractivity contribution in [2.24, 2.45) is 4.99 Å². The summed E-state index contributed by atoms with van der Waals surface area (Å²) in [5.41, 5.74) is 8.30. The molecule has 0 saturated carbocycles. The Labute approximate surface area is 128 Å². The molecule has 0 saturated heterocycles. The fourth-order valence-electron chi connectivity index (χ4n) is 2.39. The molecule has 0 atom stereocenters. The topological polar surface area (TPSA) is 42.6 Å². The molecular formula is C18H13N4. The number of hydrogen-bond acceptors (Lipinski definition) is 3. The van der Waals surface area contributed by atoms with Crippen LogP contribution in [0.4, 0.5) is 17.1 Å². The Morgan fingerprint density at radius 1 is 0.727 bits per heavy atom. The monoisotopic (exact) mass is 285 g/mol. The lowest BCUT2D eigenvalue weighted by Gasteiger charge is -2.28. The van der Waals surface area contributed by atoms with E-state index in [0.29, 0.717) is 5.84 Å². The third kappa shape index (κ3) is 2.20. The van der Waals surface area contributed by atoms with Crippen LogP contribution in [0.2, 0.25) is 0 Å². The highest BCUT2D eigenvalue weighted by Gasteiger charge is 2.23. The molecular weight excluding hydrogens is 272 g/mol. The van der Waals surface area contributed by atoms with E-state index in [1.54, 1.807) is 6.20 Å². The SMILES string of the molecule is c1ccc(N2[N]C(c3ccccn3)=Nc3ccccc32)cc1. The lowest BCUT2D eigenvalue weighted by molar-refractivity contribution is 0.893. The van der Waals surface area contributed by atoms with Crippen molar-refractivity contribution in [2.75, 3.05) is 5.01 Å². The van der Waals surface area contributed by atoms with Gasteiger partial charge in [-0.05, 0) is 36.4 Å². The minimum Gasteiger partial charge on any atom is -0.253 e. The normalized spacial score (nSPS) is 13.1. The highest BCUT2D eigenvalue weighted by atomic mass is 15.5. The molecule has 0 fully saturated rings. The number of fused-ring (bicyclic) bond motifs is 1. The average molecular weight is 285 g/mol. The standard InChI is InChI=1S/C18H13N4/c1-2-8-14(9-3-1)22-17-12-5-4-10-15(17)20-18(21-22)16-11-6-7-13-19-16/h1-13H. The second-order valence-corrected chi connectivity index (χ2v) is 4.89. The zero-order valence-electron chi connectivity index (χ0n) is 11.8. The van der Waals surface area contributed by atoms with Crippen LogP contribution in [0.5, 0.6) is 0 Å². The van der Waals surface area contributed by atoms with Gasteiger partial charge in [-0.3, -0.25) is 4.98 Å². The smallest absolute Gasteiger partial charge is 0.199 e. The van der Waals surface area contributed by atoms with E-state index in [-0.39, 0.29) is 0 Å². The zero-order valence-corrected chi connectivity index (χ0v) is 11.8. The van der Waals surface area contributed by atoms with Crippen LogP contribution in [0.1, 0.15) is 5.69 Å². The summed E-state index contributed by atoms with van der Waals surface area (Å²) in [7, 11) is 0. The van der Waals surface area contributed by atoms with Gasteiger partial charge >= 0.3 is 0 Å². The number of benzene rings is 2. The Morgan fingerprint density at radius 3 is 2.32 bits per heavy atom. The molecule has 4 heteroatoms. The fraction of sp³-hybridized carbons (Fsp3) is 0. The zero-order chi connectivity index (χ0) is 14.8. The Kier molecular flexibility index (Phi) is 3.05. The van der Waals surface area contributed by atoms with Crippen molar-refractivity contribution in [1.29, 1.82) is 0 Å². The number of para-hydroxylation sites is 3. The molecule has 1 aliphatic rings. The average Bonchev–Trinajstić information content (AvgIpc) is 2.62. The van der Waals surface area contributed by atoms with E-state index in [0.717, 1.165) is 22.8 Å². The lowest BCUT2D eigenvalue weighted by Crippen LogP contribution is -2.35. The predicted molar refractivity (Wildman–Crippen MR) is 87.6 cm³/mol. The number of hydrogen-bond donors (Lipinski definition) is 0. The van der Waals surface area contributed by atoms with Crippen molar-refractivity contribution in [3.63, 3.8) is 0 Å². The van der Waals surface area contributed by atoms with Crippen molar-refractivity contribution < 1.29 is 0 Å². The van der Waals surface area contributed by atoms with Crippen molar-refractivity contribution >= 4 is 22.9 Å². The maximum atomic E-state index is 4.68. The van der Waals surface area contributed by atoms with Gasteiger partial charge in [0.05, 0.1) is 17.1 Å². The number of pyridine rings is 1. The molecule has 4 nitrogen and oxygen atoms in total. The lowest BCUT2D eigenvalue weighted by atomic mass is 10.2. The van der Waals surface area contributed by atoms with Gasteiger partial charge < -0.3 is 0 Å².